The summed E-state index contributed by atoms with van der Waals surface area (Å²) >= 11 is 1.86. The maximum Gasteiger partial charge on any atom is 0.124 e. The first-order valence-electron chi connectivity index (χ1n) is 12.9. The first kappa shape index (κ1) is 24.4. The van der Waals surface area contributed by atoms with E-state index in [9.17, 15) is 5.11 Å². The van der Waals surface area contributed by atoms with Crippen LogP contribution in [0.1, 0.15) is 41.0 Å². The number of ether oxygens (including phenoxy) is 1. The molecule has 1 fully saturated rings. The molecular weight excluding hydrogens is 454 g/mol. The number of likely N-dealkylation sites (N-methyl/N-ethyl adjacent to an activating group) is 1. The van der Waals surface area contributed by atoms with E-state index < -0.39 is 0 Å². The molecule has 5 nitrogen and oxygen atoms in total. The number of likely N-dealkylation sites (tertiary alicyclic amines) is 1. The lowest BCUT2D eigenvalue weighted by atomic mass is 9.93. The van der Waals surface area contributed by atoms with Gasteiger partial charge in [-0.25, -0.2) is 4.98 Å². The highest BCUT2D eigenvalue weighted by molar-refractivity contribution is 7.15. The van der Waals surface area contributed by atoms with Gasteiger partial charge in [0.1, 0.15) is 10.8 Å². The minimum Gasteiger partial charge on any atom is -0.493 e. The monoisotopic (exact) mass is 491 g/mol. The number of fused-ring (bicyclic) bond motifs is 1. The molecule has 2 aromatic carbocycles. The number of hydrogen-bond acceptors (Lipinski definition) is 6. The fourth-order valence-electron chi connectivity index (χ4n) is 5.28. The van der Waals surface area contributed by atoms with Crippen molar-refractivity contribution in [1.82, 2.24) is 14.8 Å². The van der Waals surface area contributed by atoms with Crippen LogP contribution in [0.3, 0.4) is 0 Å². The number of benzene rings is 2. The number of aliphatic hydroxyl groups is 1. The molecule has 2 aliphatic rings. The van der Waals surface area contributed by atoms with Crippen LogP contribution in [-0.2, 0) is 13.0 Å². The summed E-state index contributed by atoms with van der Waals surface area (Å²) in [5.74, 6) is 0.967. The molecule has 0 radical (unpaired) electrons. The van der Waals surface area contributed by atoms with Gasteiger partial charge in [-0.1, -0.05) is 30.3 Å². The molecule has 186 valence electrons. The van der Waals surface area contributed by atoms with Crippen molar-refractivity contribution in [3.05, 3.63) is 58.1 Å². The molecule has 1 saturated heterocycles. The zero-order valence-electron chi connectivity index (χ0n) is 21.2. The molecular formula is C29H37N3O2S. The van der Waals surface area contributed by atoms with Crippen molar-refractivity contribution in [3.8, 4) is 27.4 Å². The van der Waals surface area contributed by atoms with Crippen molar-refractivity contribution in [1.29, 1.82) is 0 Å². The SMILES string of the molecule is Cc1c(OCCCN2CCC(O)CC2)cccc1-c1cccc(-c2nc3c(s2)CCN(C)C3)c1C. The van der Waals surface area contributed by atoms with Gasteiger partial charge >= 0.3 is 0 Å². The Labute approximate surface area is 213 Å². The average Bonchev–Trinajstić information content (AvgIpc) is 3.27. The Morgan fingerprint density at radius 1 is 1.00 bits per heavy atom. The Morgan fingerprint density at radius 3 is 2.51 bits per heavy atom. The minimum atomic E-state index is -0.113. The van der Waals surface area contributed by atoms with E-state index >= 15 is 0 Å². The van der Waals surface area contributed by atoms with E-state index in [-0.39, 0.29) is 6.10 Å². The van der Waals surface area contributed by atoms with Crippen molar-refractivity contribution >= 4 is 11.3 Å². The second kappa shape index (κ2) is 10.8. The van der Waals surface area contributed by atoms with Gasteiger partial charge in [0.25, 0.3) is 0 Å². The molecule has 1 aromatic heterocycles. The maximum atomic E-state index is 9.69. The van der Waals surface area contributed by atoms with Crippen molar-refractivity contribution in [3.63, 3.8) is 0 Å². The Morgan fingerprint density at radius 2 is 1.71 bits per heavy atom. The second-order valence-corrected chi connectivity index (χ2v) is 11.1. The van der Waals surface area contributed by atoms with Gasteiger partial charge in [0.15, 0.2) is 0 Å². The first-order chi connectivity index (χ1) is 17.0. The molecule has 6 heteroatoms. The third kappa shape index (κ3) is 5.46. The van der Waals surface area contributed by atoms with Crippen molar-refractivity contribution in [2.24, 2.45) is 0 Å². The van der Waals surface area contributed by atoms with Gasteiger partial charge < -0.3 is 19.6 Å². The second-order valence-electron chi connectivity index (χ2n) is 10.1. The van der Waals surface area contributed by atoms with Crippen LogP contribution in [-0.4, -0.2) is 65.8 Å². The lowest BCUT2D eigenvalue weighted by Gasteiger charge is -2.29. The Hall–Kier alpha value is -2.25. The maximum absolute atomic E-state index is 9.69. The van der Waals surface area contributed by atoms with E-state index in [2.05, 4.69) is 67.1 Å². The van der Waals surface area contributed by atoms with E-state index in [1.807, 2.05) is 11.3 Å². The molecule has 0 aliphatic carbocycles. The molecule has 1 N–H and O–H groups in total. The standard InChI is InChI=1S/C29H37N3O2S/c1-20-23(7-4-9-25(20)29-30-26-19-31(3)15-13-28(26)35-29)24-8-5-10-27(21(24)2)34-18-6-14-32-16-11-22(33)12-17-32/h4-5,7-10,22,33H,6,11-19H2,1-3H3. The quantitative estimate of drug-likeness (QED) is 0.454. The summed E-state index contributed by atoms with van der Waals surface area (Å²) in [7, 11) is 2.17. The van der Waals surface area contributed by atoms with Gasteiger partial charge in [0.2, 0.25) is 0 Å². The van der Waals surface area contributed by atoms with Gasteiger partial charge in [-0.05, 0) is 74.9 Å². The fraction of sp³-hybridized carbons (Fsp3) is 0.483. The average molecular weight is 492 g/mol. The Balaban J connectivity index is 1.30. The largest absolute Gasteiger partial charge is 0.493 e. The van der Waals surface area contributed by atoms with Crippen LogP contribution in [0, 0.1) is 13.8 Å². The lowest BCUT2D eigenvalue weighted by molar-refractivity contribution is 0.0800. The number of thiazole rings is 1. The number of rotatable bonds is 7. The topological polar surface area (TPSA) is 48.8 Å². The predicted octanol–water partition coefficient (Wildman–Crippen LogP) is 5.31. The van der Waals surface area contributed by atoms with E-state index in [1.165, 1.54) is 38.4 Å². The van der Waals surface area contributed by atoms with Gasteiger partial charge in [-0.3, -0.25) is 0 Å². The summed E-state index contributed by atoms with van der Waals surface area (Å²) in [6, 6.07) is 13.0. The van der Waals surface area contributed by atoms with Crippen molar-refractivity contribution < 1.29 is 9.84 Å². The van der Waals surface area contributed by atoms with Crippen LogP contribution >= 0.6 is 11.3 Å². The predicted molar refractivity (Wildman–Crippen MR) is 144 cm³/mol. The lowest BCUT2D eigenvalue weighted by Crippen LogP contribution is -2.36. The Kier molecular flexibility index (Phi) is 7.54. The molecule has 0 amide bonds. The van der Waals surface area contributed by atoms with E-state index in [0.717, 1.165) is 69.2 Å². The Bertz CT molecular complexity index is 1170. The molecule has 3 aromatic rings. The summed E-state index contributed by atoms with van der Waals surface area (Å²) in [6.07, 6.45) is 3.76. The fourth-order valence-corrected chi connectivity index (χ4v) is 6.42. The van der Waals surface area contributed by atoms with E-state index in [1.54, 1.807) is 0 Å². The third-order valence-corrected chi connectivity index (χ3v) is 8.68. The van der Waals surface area contributed by atoms with Crippen LogP contribution in [0.5, 0.6) is 5.75 Å². The highest BCUT2D eigenvalue weighted by Gasteiger charge is 2.21. The first-order valence-corrected chi connectivity index (χ1v) is 13.7. The van der Waals surface area contributed by atoms with Crippen LogP contribution in [0.25, 0.3) is 21.7 Å². The summed E-state index contributed by atoms with van der Waals surface area (Å²) in [5.41, 5.74) is 7.43. The molecule has 0 atom stereocenters. The van der Waals surface area contributed by atoms with Crippen LogP contribution in [0.4, 0.5) is 0 Å². The molecule has 0 bridgehead atoms. The van der Waals surface area contributed by atoms with E-state index in [4.69, 9.17) is 9.72 Å². The zero-order chi connectivity index (χ0) is 24.4. The summed E-state index contributed by atoms with van der Waals surface area (Å²) in [5, 5.41) is 10.8. The number of nitrogens with zero attached hydrogens (tertiary/aromatic N) is 3. The number of aromatic nitrogens is 1. The molecule has 5 rings (SSSR count). The number of piperidine rings is 1. The molecule has 2 aliphatic heterocycles. The van der Waals surface area contributed by atoms with Crippen LogP contribution in [0.15, 0.2) is 36.4 Å². The summed E-state index contributed by atoms with van der Waals surface area (Å²) < 4.78 is 6.24. The molecule has 35 heavy (non-hydrogen) atoms. The zero-order valence-corrected chi connectivity index (χ0v) is 22.0. The highest BCUT2D eigenvalue weighted by atomic mass is 32.1. The van der Waals surface area contributed by atoms with Crippen molar-refractivity contribution in [2.75, 3.05) is 39.8 Å². The summed E-state index contributed by atoms with van der Waals surface area (Å²) in [4.78, 5) is 11.3. The molecule has 0 unspecified atom stereocenters. The normalized spacial score (nSPS) is 17.5. The minimum absolute atomic E-state index is 0.113. The molecule has 0 spiro atoms. The smallest absolute Gasteiger partial charge is 0.124 e. The van der Waals surface area contributed by atoms with Gasteiger partial charge in [0.05, 0.1) is 18.4 Å². The van der Waals surface area contributed by atoms with Gasteiger partial charge in [0, 0.05) is 43.2 Å². The number of hydrogen-bond donors (Lipinski definition) is 1. The number of aliphatic hydroxyl groups excluding tert-OH is 1. The van der Waals surface area contributed by atoms with Gasteiger partial charge in [-0.2, -0.15) is 0 Å². The van der Waals surface area contributed by atoms with Gasteiger partial charge in [-0.15, -0.1) is 11.3 Å². The highest BCUT2D eigenvalue weighted by Crippen LogP contribution is 2.38. The summed E-state index contributed by atoms with van der Waals surface area (Å²) in [6.45, 7) is 10.2. The third-order valence-electron chi connectivity index (χ3n) is 7.49. The molecule has 0 saturated carbocycles. The van der Waals surface area contributed by atoms with E-state index in [0.29, 0.717) is 6.61 Å². The van der Waals surface area contributed by atoms with Crippen LogP contribution < -0.4 is 4.74 Å². The molecule has 3 heterocycles. The van der Waals surface area contributed by atoms with Crippen LogP contribution in [0.2, 0.25) is 0 Å². The van der Waals surface area contributed by atoms with Crippen molar-refractivity contribution in [2.45, 2.75) is 52.2 Å².